The predicted octanol–water partition coefficient (Wildman–Crippen LogP) is 2.61. The minimum atomic E-state index is -3.69. The molecule has 66 valence electrons. The van der Waals surface area contributed by atoms with Crippen LogP contribution < -0.4 is 0 Å². The summed E-state index contributed by atoms with van der Waals surface area (Å²) >= 11 is 5.22. The third-order valence-corrected chi connectivity index (χ3v) is 2.64. The molecule has 1 atom stereocenters. The van der Waals surface area contributed by atoms with E-state index < -0.39 is 12.4 Å². The molecule has 0 saturated carbocycles. The van der Waals surface area contributed by atoms with E-state index in [4.69, 9.17) is 11.2 Å². The van der Waals surface area contributed by atoms with Gasteiger partial charge in [0.1, 0.15) is 0 Å². The number of hydrogen-bond acceptors (Lipinski definition) is 4. The van der Waals surface area contributed by atoms with Crippen LogP contribution in [-0.2, 0) is 13.8 Å². The van der Waals surface area contributed by atoms with Crippen molar-refractivity contribution >= 4 is 23.7 Å². The van der Waals surface area contributed by atoms with Gasteiger partial charge in [0.2, 0.25) is 0 Å². The summed E-state index contributed by atoms with van der Waals surface area (Å²) in [7, 11) is 0. The third kappa shape index (κ3) is 3.75. The van der Waals surface area contributed by atoms with Gasteiger partial charge in [-0.15, -0.1) is 0 Å². The minimum absolute atomic E-state index is 0.125. The summed E-state index contributed by atoms with van der Waals surface area (Å²) in [6.07, 6.45) is 0. The van der Waals surface area contributed by atoms with Gasteiger partial charge < -0.3 is 9.26 Å². The smallest absolute Gasteiger partial charge is 0.407 e. The lowest BCUT2D eigenvalue weighted by Crippen LogP contribution is -2.01. The van der Waals surface area contributed by atoms with Gasteiger partial charge in [-0.3, -0.25) is 4.57 Å². The van der Waals surface area contributed by atoms with Crippen molar-refractivity contribution in [3.05, 3.63) is 0 Å². The second kappa shape index (κ2) is 4.75. The SMILES string of the molecule is CCOC(=O)P(=O)(Cl)OCC. The van der Waals surface area contributed by atoms with E-state index in [0.29, 0.717) is 0 Å². The molecule has 0 amide bonds. The van der Waals surface area contributed by atoms with Crippen LogP contribution in [0.5, 0.6) is 0 Å². The normalized spacial score (nSPS) is 15.5. The Morgan fingerprint density at radius 2 is 2.00 bits per heavy atom. The zero-order chi connectivity index (χ0) is 8.91. The fraction of sp³-hybridized carbons (Fsp3) is 0.800. The summed E-state index contributed by atoms with van der Waals surface area (Å²) in [5, 5.41) is 0. The van der Waals surface area contributed by atoms with E-state index in [1.807, 2.05) is 0 Å². The average Bonchev–Trinajstić information content (AvgIpc) is 1.88. The first kappa shape index (κ1) is 11.0. The second-order valence-electron chi connectivity index (χ2n) is 1.60. The van der Waals surface area contributed by atoms with Gasteiger partial charge in [-0.05, 0) is 25.1 Å². The lowest BCUT2D eigenvalue weighted by molar-refractivity contribution is 0.173. The topological polar surface area (TPSA) is 52.6 Å². The van der Waals surface area contributed by atoms with Crippen molar-refractivity contribution < 1.29 is 18.6 Å². The van der Waals surface area contributed by atoms with Crippen molar-refractivity contribution in [2.24, 2.45) is 0 Å². The van der Waals surface area contributed by atoms with Crippen molar-refractivity contribution in [3.8, 4) is 0 Å². The van der Waals surface area contributed by atoms with Gasteiger partial charge in [-0.25, -0.2) is 4.79 Å². The molecule has 0 spiro atoms. The van der Waals surface area contributed by atoms with Crippen molar-refractivity contribution in [1.82, 2.24) is 0 Å². The maximum absolute atomic E-state index is 11.0. The van der Waals surface area contributed by atoms with Crippen LogP contribution in [0.15, 0.2) is 0 Å². The van der Waals surface area contributed by atoms with Gasteiger partial charge in [0.05, 0.1) is 13.2 Å². The monoisotopic (exact) mass is 200 g/mol. The van der Waals surface area contributed by atoms with Crippen LogP contribution in [0, 0.1) is 0 Å². The Hall–Kier alpha value is -0.0500. The fourth-order valence-corrected chi connectivity index (χ4v) is 1.58. The quantitative estimate of drug-likeness (QED) is 0.655. The zero-order valence-electron chi connectivity index (χ0n) is 6.37. The Balaban J connectivity index is 4.07. The molecule has 0 aromatic rings. The summed E-state index contributed by atoms with van der Waals surface area (Å²) in [6, 6.07) is 0. The largest absolute Gasteiger partial charge is 0.458 e. The number of carbonyl (C=O) groups excluding carboxylic acids is 1. The van der Waals surface area contributed by atoms with Gasteiger partial charge in [0.25, 0.3) is 0 Å². The molecular formula is C5H10ClO4P. The van der Waals surface area contributed by atoms with Crippen LogP contribution >= 0.6 is 18.0 Å². The molecule has 0 heterocycles. The minimum Gasteiger partial charge on any atom is -0.458 e. The third-order valence-electron chi connectivity index (χ3n) is 0.781. The predicted molar refractivity (Wildman–Crippen MR) is 42.1 cm³/mol. The van der Waals surface area contributed by atoms with Crippen molar-refractivity contribution in [3.63, 3.8) is 0 Å². The Bertz CT molecular complexity index is 181. The maximum Gasteiger partial charge on any atom is 0.407 e. The molecule has 11 heavy (non-hydrogen) atoms. The van der Waals surface area contributed by atoms with E-state index in [0.717, 1.165) is 0 Å². The molecule has 0 aromatic carbocycles. The average molecular weight is 201 g/mol. The Morgan fingerprint density at radius 1 is 1.45 bits per heavy atom. The van der Waals surface area contributed by atoms with E-state index in [9.17, 15) is 9.36 Å². The van der Waals surface area contributed by atoms with E-state index in [-0.39, 0.29) is 13.2 Å². The summed E-state index contributed by atoms with van der Waals surface area (Å²) in [4.78, 5) is 10.7. The number of carbonyl (C=O) groups is 1. The molecule has 1 unspecified atom stereocenters. The highest BCUT2D eigenvalue weighted by molar-refractivity contribution is 7.97. The number of ether oxygens (including phenoxy) is 1. The van der Waals surface area contributed by atoms with Crippen molar-refractivity contribution in [2.75, 3.05) is 13.2 Å². The zero-order valence-corrected chi connectivity index (χ0v) is 8.02. The highest BCUT2D eigenvalue weighted by atomic mass is 35.7. The van der Waals surface area contributed by atoms with Crippen LogP contribution in [-0.4, -0.2) is 18.9 Å². The standard InChI is InChI=1S/C5H10ClO4P/c1-3-9-5(7)11(6,8)10-4-2/h3-4H2,1-2H3. The molecule has 0 aliphatic heterocycles. The summed E-state index contributed by atoms with van der Waals surface area (Å²) in [5.41, 5.74) is -0.983. The molecule has 0 rings (SSSR count). The summed E-state index contributed by atoms with van der Waals surface area (Å²) in [5.74, 6) is 0. The maximum atomic E-state index is 11.0. The molecule has 0 saturated heterocycles. The number of halogens is 1. The molecule has 0 bridgehead atoms. The van der Waals surface area contributed by atoms with Crippen molar-refractivity contribution in [1.29, 1.82) is 0 Å². The van der Waals surface area contributed by atoms with E-state index in [1.54, 1.807) is 13.8 Å². The molecule has 6 heteroatoms. The Kier molecular flexibility index (Phi) is 4.73. The Labute approximate surface area is 70.1 Å². The van der Waals surface area contributed by atoms with Gasteiger partial charge in [-0.2, -0.15) is 0 Å². The van der Waals surface area contributed by atoms with Crippen LogP contribution in [0.1, 0.15) is 13.8 Å². The first-order chi connectivity index (χ1) is 5.04. The van der Waals surface area contributed by atoms with E-state index in [1.165, 1.54) is 0 Å². The molecule has 0 fully saturated rings. The van der Waals surface area contributed by atoms with Crippen LogP contribution in [0.3, 0.4) is 0 Å². The van der Waals surface area contributed by atoms with Gasteiger partial charge in [0, 0.05) is 0 Å². The van der Waals surface area contributed by atoms with E-state index >= 15 is 0 Å². The molecule has 4 nitrogen and oxygen atoms in total. The highest BCUT2D eigenvalue weighted by Gasteiger charge is 2.31. The summed E-state index contributed by atoms with van der Waals surface area (Å²) < 4.78 is 19.9. The molecule has 0 aliphatic rings. The second-order valence-corrected chi connectivity index (χ2v) is 4.51. The first-order valence-electron chi connectivity index (χ1n) is 3.16. The van der Waals surface area contributed by atoms with Gasteiger partial charge >= 0.3 is 12.4 Å². The van der Waals surface area contributed by atoms with Crippen molar-refractivity contribution in [2.45, 2.75) is 13.8 Å². The lowest BCUT2D eigenvalue weighted by Gasteiger charge is -2.07. The van der Waals surface area contributed by atoms with Crippen LogP contribution in [0.2, 0.25) is 0 Å². The first-order valence-corrected chi connectivity index (χ1v) is 5.69. The molecule has 0 N–H and O–H groups in total. The van der Waals surface area contributed by atoms with E-state index in [2.05, 4.69) is 9.26 Å². The van der Waals surface area contributed by atoms with Crippen LogP contribution in [0.4, 0.5) is 4.79 Å². The molecule has 0 aliphatic carbocycles. The summed E-state index contributed by atoms with van der Waals surface area (Å²) in [6.45, 7) is -0.233. The number of rotatable bonds is 4. The Morgan fingerprint density at radius 3 is 2.36 bits per heavy atom. The molecular weight excluding hydrogens is 190 g/mol. The van der Waals surface area contributed by atoms with Crippen LogP contribution in [0.25, 0.3) is 0 Å². The molecule has 0 radical (unpaired) electrons. The highest BCUT2D eigenvalue weighted by Crippen LogP contribution is 2.53. The van der Waals surface area contributed by atoms with Gasteiger partial charge in [-0.1, -0.05) is 0 Å². The fourth-order valence-electron chi connectivity index (χ4n) is 0.419. The molecule has 0 aromatic heterocycles. The number of hydrogen-bond donors (Lipinski definition) is 0. The lowest BCUT2D eigenvalue weighted by atomic mass is 10.9. The van der Waals surface area contributed by atoms with Gasteiger partial charge in [0.15, 0.2) is 0 Å².